The van der Waals surface area contributed by atoms with Crippen LogP contribution in [0.2, 0.25) is 0 Å². The van der Waals surface area contributed by atoms with E-state index in [-0.39, 0.29) is 5.69 Å². The van der Waals surface area contributed by atoms with E-state index in [0.29, 0.717) is 24.0 Å². The van der Waals surface area contributed by atoms with E-state index in [2.05, 4.69) is 0 Å². The van der Waals surface area contributed by atoms with Crippen LogP contribution in [0.3, 0.4) is 0 Å². The Bertz CT molecular complexity index is 614. The summed E-state index contributed by atoms with van der Waals surface area (Å²) in [6.07, 6.45) is 0.824. The zero-order valence-electron chi connectivity index (χ0n) is 9.98. The minimum Gasteiger partial charge on any atom is -0.258 e. The molecular weight excluding hydrogens is 252 g/mol. The number of aryl methyl sites for hydroxylation is 2. The molecule has 0 bridgehead atoms. The second kappa shape index (κ2) is 5.56. The monoisotopic (exact) mass is 263 g/mol. The third-order valence-electron chi connectivity index (χ3n) is 2.86. The van der Waals surface area contributed by atoms with E-state index in [1.807, 2.05) is 0 Å². The van der Waals surface area contributed by atoms with Crippen LogP contribution in [-0.2, 0) is 12.8 Å². The Kier molecular flexibility index (Phi) is 3.85. The van der Waals surface area contributed by atoms with E-state index in [1.54, 1.807) is 18.2 Å². The van der Waals surface area contributed by atoms with Crippen molar-refractivity contribution in [1.82, 2.24) is 0 Å². The maximum atomic E-state index is 13.0. The normalized spacial score (nSPS) is 10.4. The summed E-state index contributed by atoms with van der Waals surface area (Å²) < 4.78 is 25.8. The summed E-state index contributed by atoms with van der Waals surface area (Å²) in [6.45, 7) is 0. The molecule has 0 amide bonds. The van der Waals surface area contributed by atoms with Crippen LogP contribution in [0, 0.1) is 21.7 Å². The van der Waals surface area contributed by atoms with Gasteiger partial charge < -0.3 is 0 Å². The van der Waals surface area contributed by atoms with E-state index in [4.69, 9.17) is 0 Å². The first-order valence-corrected chi connectivity index (χ1v) is 5.74. The zero-order valence-corrected chi connectivity index (χ0v) is 9.98. The van der Waals surface area contributed by atoms with Gasteiger partial charge >= 0.3 is 0 Å². The molecule has 2 rings (SSSR count). The molecule has 0 saturated heterocycles. The molecule has 3 nitrogen and oxygen atoms in total. The Morgan fingerprint density at radius 2 is 1.74 bits per heavy atom. The average Bonchev–Trinajstić information content (AvgIpc) is 2.40. The van der Waals surface area contributed by atoms with Crippen LogP contribution in [0.5, 0.6) is 0 Å². The fourth-order valence-corrected chi connectivity index (χ4v) is 1.87. The van der Waals surface area contributed by atoms with Crippen LogP contribution in [0.25, 0.3) is 0 Å². The van der Waals surface area contributed by atoms with Crippen LogP contribution in [0.15, 0.2) is 42.5 Å². The average molecular weight is 263 g/mol. The first kappa shape index (κ1) is 13.1. The Hall–Kier alpha value is -2.30. The largest absolute Gasteiger partial charge is 0.272 e. The van der Waals surface area contributed by atoms with Crippen molar-refractivity contribution < 1.29 is 13.7 Å². The smallest absolute Gasteiger partial charge is 0.258 e. The van der Waals surface area contributed by atoms with Crippen LogP contribution in [0.4, 0.5) is 14.5 Å². The summed E-state index contributed by atoms with van der Waals surface area (Å²) in [6, 6.07) is 10.1. The molecule has 0 fully saturated rings. The van der Waals surface area contributed by atoms with E-state index in [1.165, 1.54) is 12.1 Å². The number of hydrogen-bond donors (Lipinski definition) is 0. The summed E-state index contributed by atoms with van der Waals surface area (Å²) in [5.74, 6) is -1.80. The molecule has 0 atom stereocenters. The quantitative estimate of drug-likeness (QED) is 0.624. The molecule has 0 aliphatic heterocycles. The van der Waals surface area contributed by atoms with Gasteiger partial charge in [-0.05, 0) is 30.5 Å². The maximum absolute atomic E-state index is 13.0. The first-order valence-electron chi connectivity index (χ1n) is 5.74. The number of nitro benzene ring substituents is 1. The zero-order chi connectivity index (χ0) is 13.8. The number of nitro groups is 1. The van der Waals surface area contributed by atoms with E-state index in [9.17, 15) is 18.9 Å². The van der Waals surface area contributed by atoms with Crippen molar-refractivity contribution in [1.29, 1.82) is 0 Å². The summed E-state index contributed by atoms with van der Waals surface area (Å²) in [7, 11) is 0. The highest BCUT2D eigenvalue weighted by atomic mass is 19.2. The minimum absolute atomic E-state index is 0.0464. The number of para-hydroxylation sites is 1. The Morgan fingerprint density at radius 1 is 1.00 bits per heavy atom. The van der Waals surface area contributed by atoms with Crippen molar-refractivity contribution in [3.63, 3.8) is 0 Å². The van der Waals surface area contributed by atoms with Crippen LogP contribution in [-0.4, -0.2) is 4.92 Å². The first-order chi connectivity index (χ1) is 9.08. The maximum Gasteiger partial charge on any atom is 0.272 e. The van der Waals surface area contributed by atoms with Gasteiger partial charge in [0.2, 0.25) is 0 Å². The number of benzene rings is 2. The lowest BCUT2D eigenvalue weighted by molar-refractivity contribution is -0.385. The molecule has 0 unspecified atom stereocenters. The summed E-state index contributed by atoms with van der Waals surface area (Å²) in [5, 5.41) is 10.8. The predicted octanol–water partition coefficient (Wildman–Crippen LogP) is 3.66. The molecule has 2 aromatic rings. The molecule has 19 heavy (non-hydrogen) atoms. The van der Waals surface area contributed by atoms with Gasteiger partial charge in [-0.25, -0.2) is 8.78 Å². The van der Waals surface area contributed by atoms with Crippen molar-refractivity contribution in [3.05, 3.63) is 75.3 Å². The van der Waals surface area contributed by atoms with Crippen LogP contribution < -0.4 is 0 Å². The fraction of sp³-hybridized carbons (Fsp3) is 0.143. The van der Waals surface area contributed by atoms with Gasteiger partial charge in [-0.1, -0.05) is 24.3 Å². The van der Waals surface area contributed by atoms with Gasteiger partial charge in [0.15, 0.2) is 11.6 Å². The lowest BCUT2D eigenvalue weighted by Crippen LogP contribution is -1.98. The van der Waals surface area contributed by atoms with Crippen LogP contribution >= 0.6 is 0 Å². The van der Waals surface area contributed by atoms with Gasteiger partial charge in [-0.2, -0.15) is 0 Å². The Balaban J connectivity index is 2.14. The molecule has 98 valence electrons. The highest BCUT2D eigenvalue weighted by Crippen LogP contribution is 2.20. The van der Waals surface area contributed by atoms with Gasteiger partial charge in [0.05, 0.1) is 4.92 Å². The number of rotatable bonds is 4. The summed E-state index contributed by atoms with van der Waals surface area (Å²) in [4.78, 5) is 10.4. The molecule has 2 aromatic carbocycles. The van der Waals surface area contributed by atoms with Crippen molar-refractivity contribution in [2.45, 2.75) is 12.8 Å². The number of hydrogen-bond acceptors (Lipinski definition) is 2. The molecule has 5 heteroatoms. The molecule has 0 radical (unpaired) electrons. The number of nitrogens with zero attached hydrogens (tertiary/aromatic N) is 1. The van der Waals surface area contributed by atoms with Gasteiger partial charge in [0, 0.05) is 11.6 Å². The summed E-state index contributed by atoms with van der Waals surface area (Å²) >= 11 is 0. The number of halogens is 2. The van der Waals surface area contributed by atoms with Gasteiger partial charge in [0.1, 0.15) is 0 Å². The Morgan fingerprint density at radius 3 is 2.42 bits per heavy atom. The van der Waals surface area contributed by atoms with Crippen LogP contribution in [0.1, 0.15) is 11.1 Å². The van der Waals surface area contributed by atoms with Crippen molar-refractivity contribution >= 4 is 5.69 Å². The predicted molar refractivity (Wildman–Crippen MR) is 66.9 cm³/mol. The topological polar surface area (TPSA) is 43.1 Å². The van der Waals surface area contributed by atoms with E-state index >= 15 is 0 Å². The molecule has 0 saturated carbocycles. The van der Waals surface area contributed by atoms with Crippen molar-refractivity contribution in [3.8, 4) is 0 Å². The molecule has 0 heterocycles. The Labute approximate surface area is 108 Å². The standard InChI is InChI=1S/C14H11F2NO2/c15-12-8-6-10(9-13(12)16)5-7-11-3-1-2-4-14(11)17(18)19/h1-4,6,8-9H,5,7H2. The van der Waals surface area contributed by atoms with Crippen molar-refractivity contribution in [2.75, 3.05) is 0 Å². The van der Waals surface area contributed by atoms with Gasteiger partial charge in [0.25, 0.3) is 5.69 Å². The lowest BCUT2D eigenvalue weighted by Gasteiger charge is -2.04. The fourth-order valence-electron chi connectivity index (χ4n) is 1.87. The second-order valence-corrected chi connectivity index (χ2v) is 4.13. The molecule has 0 aromatic heterocycles. The van der Waals surface area contributed by atoms with Gasteiger partial charge in [-0.15, -0.1) is 0 Å². The molecule has 0 aliphatic rings. The molecule has 0 aliphatic carbocycles. The SMILES string of the molecule is O=[N+]([O-])c1ccccc1CCc1ccc(F)c(F)c1. The van der Waals surface area contributed by atoms with E-state index < -0.39 is 16.6 Å². The third-order valence-corrected chi connectivity index (χ3v) is 2.86. The van der Waals surface area contributed by atoms with E-state index in [0.717, 1.165) is 12.1 Å². The molecular formula is C14H11F2NO2. The highest BCUT2D eigenvalue weighted by Gasteiger charge is 2.12. The highest BCUT2D eigenvalue weighted by molar-refractivity contribution is 5.40. The van der Waals surface area contributed by atoms with Gasteiger partial charge in [-0.3, -0.25) is 10.1 Å². The minimum atomic E-state index is -0.903. The van der Waals surface area contributed by atoms with Crippen molar-refractivity contribution in [2.24, 2.45) is 0 Å². The molecule has 0 N–H and O–H groups in total. The lowest BCUT2D eigenvalue weighted by atomic mass is 10.0. The second-order valence-electron chi connectivity index (χ2n) is 4.13. The summed E-state index contributed by atoms with van der Waals surface area (Å²) in [5.41, 5.74) is 1.24. The molecule has 0 spiro atoms. The third kappa shape index (κ3) is 3.13.